The van der Waals surface area contributed by atoms with E-state index in [0.717, 1.165) is 5.56 Å². The van der Waals surface area contributed by atoms with Crippen molar-refractivity contribution in [3.8, 4) is 0 Å². The summed E-state index contributed by atoms with van der Waals surface area (Å²) in [5.74, 6) is -1.06. The van der Waals surface area contributed by atoms with Crippen LogP contribution in [0, 0.1) is 0 Å². The van der Waals surface area contributed by atoms with Gasteiger partial charge in [-0.2, -0.15) is 0 Å². The van der Waals surface area contributed by atoms with Crippen molar-refractivity contribution < 1.29 is 19.4 Å². The molecule has 6 heteroatoms. The average molecular weight is 266 g/mol. The van der Waals surface area contributed by atoms with Gasteiger partial charge in [-0.1, -0.05) is 30.3 Å². The SMILES string of the molecule is NC(=O)CNC(=O)CC(O)COCc1ccccc1. The van der Waals surface area contributed by atoms with Gasteiger partial charge in [0.2, 0.25) is 11.8 Å². The van der Waals surface area contributed by atoms with E-state index in [2.05, 4.69) is 5.32 Å². The Hall–Kier alpha value is -1.92. The Morgan fingerprint density at radius 3 is 2.63 bits per heavy atom. The molecule has 0 aliphatic rings. The van der Waals surface area contributed by atoms with Crippen LogP contribution in [-0.2, 0) is 20.9 Å². The maximum atomic E-state index is 11.3. The van der Waals surface area contributed by atoms with E-state index in [9.17, 15) is 14.7 Å². The van der Waals surface area contributed by atoms with Crippen molar-refractivity contribution in [1.29, 1.82) is 0 Å². The molecule has 0 saturated carbocycles. The van der Waals surface area contributed by atoms with Crippen LogP contribution < -0.4 is 11.1 Å². The number of carbonyl (C=O) groups excluding carboxylic acids is 2. The predicted molar refractivity (Wildman–Crippen MR) is 68.9 cm³/mol. The molecule has 0 radical (unpaired) electrons. The lowest BCUT2D eigenvalue weighted by Gasteiger charge is -2.11. The molecule has 1 aromatic carbocycles. The van der Waals surface area contributed by atoms with E-state index in [1.54, 1.807) is 0 Å². The van der Waals surface area contributed by atoms with Gasteiger partial charge in [0, 0.05) is 0 Å². The summed E-state index contributed by atoms with van der Waals surface area (Å²) >= 11 is 0. The van der Waals surface area contributed by atoms with Crippen LogP contribution in [0.25, 0.3) is 0 Å². The lowest BCUT2D eigenvalue weighted by molar-refractivity contribution is -0.126. The first-order valence-corrected chi connectivity index (χ1v) is 5.92. The fourth-order valence-corrected chi connectivity index (χ4v) is 1.42. The van der Waals surface area contributed by atoms with Crippen LogP contribution >= 0.6 is 0 Å². The second kappa shape index (κ2) is 8.23. The molecule has 6 nitrogen and oxygen atoms in total. The van der Waals surface area contributed by atoms with Gasteiger partial charge in [0.25, 0.3) is 0 Å². The third-order valence-corrected chi connectivity index (χ3v) is 2.30. The summed E-state index contributed by atoms with van der Waals surface area (Å²) < 4.78 is 5.29. The maximum Gasteiger partial charge on any atom is 0.236 e. The van der Waals surface area contributed by atoms with Gasteiger partial charge in [-0.05, 0) is 5.56 Å². The number of hydrogen-bond acceptors (Lipinski definition) is 4. The van der Waals surface area contributed by atoms with Crippen LogP contribution in [0.3, 0.4) is 0 Å². The zero-order chi connectivity index (χ0) is 14.1. The first kappa shape index (κ1) is 15.1. The number of aliphatic hydroxyl groups excluding tert-OH is 1. The van der Waals surface area contributed by atoms with Crippen LogP contribution in [0.5, 0.6) is 0 Å². The topological polar surface area (TPSA) is 102 Å². The van der Waals surface area contributed by atoms with E-state index in [4.69, 9.17) is 10.5 Å². The molecule has 2 amide bonds. The Morgan fingerprint density at radius 1 is 1.32 bits per heavy atom. The molecule has 0 bridgehead atoms. The zero-order valence-electron chi connectivity index (χ0n) is 10.5. The van der Waals surface area contributed by atoms with E-state index in [1.165, 1.54) is 0 Å². The second-order valence-electron chi connectivity index (χ2n) is 4.10. The van der Waals surface area contributed by atoms with Gasteiger partial charge >= 0.3 is 0 Å². The van der Waals surface area contributed by atoms with E-state index in [1.807, 2.05) is 30.3 Å². The van der Waals surface area contributed by atoms with Gasteiger partial charge in [0.1, 0.15) is 0 Å². The molecular formula is C13H18N2O4. The Kier molecular flexibility index (Phi) is 6.56. The minimum absolute atomic E-state index is 0.0545. The average Bonchev–Trinajstić information content (AvgIpc) is 2.37. The molecule has 1 unspecified atom stereocenters. The molecule has 0 spiro atoms. The summed E-state index contributed by atoms with van der Waals surface area (Å²) in [5.41, 5.74) is 5.87. The van der Waals surface area contributed by atoms with Crippen LogP contribution in [0.15, 0.2) is 30.3 Å². The Morgan fingerprint density at radius 2 is 2.00 bits per heavy atom. The second-order valence-corrected chi connectivity index (χ2v) is 4.10. The molecule has 1 aromatic rings. The van der Waals surface area contributed by atoms with Crippen molar-refractivity contribution in [2.45, 2.75) is 19.1 Å². The fourth-order valence-electron chi connectivity index (χ4n) is 1.42. The van der Waals surface area contributed by atoms with Crippen molar-refractivity contribution in [3.05, 3.63) is 35.9 Å². The molecule has 0 aliphatic carbocycles. The summed E-state index contributed by atoms with van der Waals surface area (Å²) in [4.78, 5) is 21.7. The van der Waals surface area contributed by atoms with Crippen molar-refractivity contribution in [2.24, 2.45) is 5.73 Å². The Balaban J connectivity index is 2.15. The molecule has 4 N–H and O–H groups in total. The standard InChI is InChI=1S/C13H18N2O4/c14-12(17)7-15-13(18)6-11(16)9-19-8-10-4-2-1-3-5-10/h1-5,11,16H,6-9H2,(H2,14,17)(H,15,18). The van der Waals surface area contributed by atoms with Crippen molar-refractivity contribution in [1.82, 2.24) is 5.32 Å². The number of rotatable bonds is 8. The highest BCUT2D eigenvalue weighted by Crippen LogP contribution is 2.02. The van der Waals surface area contributed by atoms with E-state index in [-0.39, 0.29) is 19.6 Å². The molecule has 0 fully saturated rings. The van der Waals surface area contributed by atoms with Crippen molar-refractivity contribution in [2.75, 3.05) is 13.2 Å². The van der Waals surface area contributed by atoms with Crippen LogP contribution in [-0.4, -0.2) is 36.2 Å². The highest BCUT2D eigenvalue weighted by Gasteiger charge is 2.11. The van der Waals surface area contributed by atoms with Crippen molar-refractivity contribution in [3.63, 3.8) is 0 Å². The third-order valence-electron chi connectivity index (χ3n) is 2.30. The van der Waals surface area contributed by atoms with Crippen LogP contribution in [0.2, 0.25) is 0 Å². The van der Waals surface area contributed by atoms with Gasteiger partial charge < -0.3 is 20.9 Å². The number of benzene rings is 1. The normalized spacial score (nSPS) is 11.8. The molecule has 0 heterocycles. The largest absolute Gasteiger partial charge is 0.390 e. The van der Waals surface area contributed by atoms with Crippen LogP contribution in [0.1, 0.15) is 12.0 Å². The molecule has 1 rings (SSSR count). The zero-order valence-corrected chi connectivity index (χ0v) is 10.5. The minimum atomic E-state index is -0.906. The van der Waals surface area contributed by atoms with Gasteiger partial charge in [0.15, 0.2) is 0 Å². The third kappa shape index (κ3) is 7.17. The molecule has 104 valence electrons. The highest BCUT2D eigenvalue weighted by molar-refractivity contribution is 5.83. The number of nitrogens with two attached hydrogens (primary N) is 1. The van der Waals surface area contributed by atoms with E-state index < -0.39 is 17.9 Å². The number of aliphatic hydroxyl groups is 1. The first-order valence-electron chi connectivity index (χ1n) is 5.92. The molecule has 0 aliphatic heterocycles. The summed E-state index contributed by atoms with van der Waals surface area (Å²) in [6.45, 7) is 0.204. The lowest BCUT2D eigenvalue weighted by Crippen LogP contribution is -2.35. The van der Waals surface area contributed by atoms with Gasteiger partial charge in [-0.25, -0.2) is 0 Å². The molecule has 1 atom stereocenters. The maximum absolute atomic E-state index is 11.3. The van der Waals surface area contributed by atoms with Crippen LogP contribution in [0.4, 0.5) is 0 Å². The quantitative estimate of drug-likeness (QED) is 0.593. The summed E-state index contributed by atoms with van der Waals surface area (Å²) in [7, 11) is 0. The van der Waals surface area contributed by atoms with Crippen molar-refractivity contribution >= 4 is 11.8 Å². The van der Waals surface area contributed by atoms with Gasteiger partial charge in [0.05, 0.1) is 32.3 Å². The molecule has 0 saturated heterocycles. The number of amides is 2. The lowest BCUT2D eigenvalue weighted by atomic mass is 10.2. The number of carbonyl (C=O) groups is 2. The van der Waals surface area contributed by atoms with E-state index >= 15 is 0 Å². The molecule has 19 heavy (non-hydrogen) atoms. The Labute approximate surface area is 111 Å². The van der Waals surface area contributed by atoms with Gasteiger partial charge in [-0.15, -0.1) is 0 Å². The minimum Gasteiger partial charge on any atom is -0.390 e. The Bertz CT molecular complexity index is 408. The number of ether oxygens (including phenoxy) is 1. The monoisotopic (exact) mass is 266 g/mol. The molecular weight excluding hydrogens is 248 g/mol. The highest BCUT2D eigenvalue weighted by atomic mass is 16.5. The van der Waals surface area contributed by atoms with Gasteiger partial charge in [-0.3, -0.25) is 9.59 Å². The molecule has 0 aromatic heterocycles. The number of nitrogens with one attached hydrogen (secondary N) is 1. The number of hydrogen-bond donors (Lipinski definition) is 3. The number of primary amides is 1. The smallest absolute Gasteiger partial charge is 0.236 e. The van der Waals surface area contributed by atoms with E-state index in [0.29, 0.717) is 6.61 Å². The summed E-state index contributed by atoms with van der Waals surface area (Å²) in [5, 5.41) is 11.9. The first-order chi connectivity index (χ1) is 9.08. The summed E-state index contributed by atoms with van der Waals surface area (Å²) in [6, 6.07) is 9.51. The fraction of sp³-hybridized carbons (Fsp3) is 0.385. The predicted octanol–water partition coefficient (Wildman–Crippen LogP) is -0.444. The summed E-state index contributed by atoms with van der Waals surface area (Å²) in [6.07, 6.45) is -1.03.